The van der Waals surface area contributed by atoms with E-state index in [2.05, 4.69) is 5.32 Å². The summed E-state index contributed by atoms with van der Waals surface area (Å²) in [6, 6.07) is 4.24. The number of phenols is 1. The molecule has 2 atom stereocenters. The molecule has 0 radical (unpaired) electrons. The van der Waals surface area contributed by atoms with E-state index >= 15 is 0 Å². The van der Waals surface area contributed by atoms with Crippen molar-refractivity contribution in [2.75, 3.05) is 6.54 Å². The van der Waals surface area contributed by atoms with E-state index in [4.69, 9.17) is 11.6 Å². The molecule has 0 aliphatic carbocycles. The maximum atomic E-state index is 11.9. The molecule has 3 N–H and O–H groups in total. The van der Waals surface area contributed by atoms with Gasteiger partial charge in [0, 0.05) is 12.1 Å². The van der Waals surface area contributed by atoms with Crippen LogP contribution in [-0.2, 0) is 0 Å². The molecule has 1 aromatic carbocycles. The standard InChI is InChI=1S/C14H20ClNO3/c1-4-9(2)14(3,19)8-16-13(18)10-5-6-12(17)11(15)7-10/h5-7,9,17,19H,4,8H2,1-3H3,(H,16,18)/t9-,14-/m0/s1. The van der Waals surface area contributed by atoms with E-state index in [-0.39, 0.29) is 29.1 Å². The second-order valence-corrected chi connectivity index (χ2v) is 5.42. The predicted molar refractivity (Wildman–Crippen MR) is 75.5 cm³/mol. The first-order chi connectivity index (χ1) is 8.77. The van der Waals surface area contributed by atoms with Gasteiger partial charge < -0.3 is 15.5 Å². The molecule has 0 fully saturated rings. The van der Waals surface area contributed by atoms with Gasteiger partial charge in [0.25, 0.3) is 5.91 Å². The summed E-state index contributed by atoms with van der Waals surface area (Å²) in [6.07, 6.45) is 0.827. The normalized spacial score (nSPS) is 15.6. The van der Waals surface area contributed by atoms with Gasteiger partial charge in [0.1, 0.15) is 5.75 Å². The summed E-state index contributed by atoms with van der Waals surface area (Å²) in [6.45, 7) is 5.79. The maximum Gasteiger partial charge on any atom is 0.251 e. The minimum Gasteiger partial charge on any atom is -0.506 e. The van der Waals surface area contributed by atoms with Crippen molar-refractivity contribution in [1.29, 1.82) is 0 Å². The Labute approximate surface area is 118 Å². The molecule has 106 valence electrons. The van der Waals surface area contributed by atoms with Gasteiger partial charge >= 0.3 is 0 Å². The van der Waals surface area contributed by atoms with E-state index in [9.17, 15) is 15.0 Å². The van der Waals surface area contributed by atoms with Gasteiger partial charge in [0.2, 0.25) is 0 Å². The minimum atomic E-state index is -0.953. The summed E-state index contributed by atoms with van der Waals surface area (Å²) in [5, 5.41) is 22.3. The number of hydrogen-bond acceptors (Lipinski definition) is 3. The van der Waals surface area contributed by atoms with E-state index in [1.807, 2.05) is 13.8 Å². The van der Waals surface area contributed by atoms with Crippen molar-refractivity contribution in [3.8, 4) is 5.75 Å². The summed E-state index contributed by atoms with van der Waals surface area (Å²) in [7, 11) is 0. The Kier molecular flexibility index (Phi) is 5.20. The number of carbonyl (C=O) groups excluding carboxylic acids is 1. The van der Waals surface area contributed by atoms with Crippen LogP contribution in [0.4, 0.5) is 0 Å². The Morgan fingerprint density at radius 2 is 2.16 bits per heavy atom. The molecule has 5 heteroatoms. The Morgan fingerprint density at radius 1 is 1.53 bits per heavy atom. The second kappa shape index (κ2) is 6.26. The average Bonchev–Trinajstić information content (AvgIpc) is 2.38. The lowest BCUT2D eigenvalue weighted by Crippen LogP contribution is -2.45. The largest absolute Gasteiger partial charge is 0.506 e. The summed E-state index contributed by atoms with van der Waals surface area (Å²) >= 11 is 5.74. The van der Waals surface area contributed by atoms with Crippen molar-refractivity contribution < 1.29 is 15.0 Å². The highest BCUT2D eigenvalue weighted by Gasteiger charge is 2.27. The molecular formula is C14H20ClNO3. The smallest absolute Gasteiger partial charge is 0.251 e. The molecule has 0 bridgehead atoms. The Morgan fingerprint density at radius 3 is 2.68 bits per heavy atom. The molecule has 19 heavy (non-hydrogen) atoms. The molecule has 0 saturated carbocycles. The van der Waals surface area contributed by atoms with Crippen molar-refractivity contribution in [3.63, 3.8) is 0 Å². The van der Waals surface area contributed by atoms with Gasteiger partial charge in [0.15, 0.2) is 0 Å². The number of nitrogens with one attached hydrogen (secondary N) is 1. The van der Waals surface area contributed by atoms with Crippen molar-refractivity contribution in [2.24, 2.45) is 5.92 Å². The molecule has 0 spiro atoms. The first-order valence-corrected chi connectivity index (χ1v) is 6.64. The first-order valence-electron chi connectivity index (χ1n) is 6.27. The molecule has 0 aromatic heterocycles. The molecule has 1 amide bonds. The average molecular weight is 286 g/mol. The van der Waals surface area contributed by atoms with E-state index in [1.165, 1.54) is 18.2 Å². The topological polar surface area (TPSA) is 69.6 Å². The van der Waals surface area contributed by atoms with Crippen LogP contribution in [0.5, 0.6) is 5.75 Å². The molecule has 0 saturated heterocycles. The van der Waals surface area contributed by atoms with Crippen LogP contribution < -0.4 is 5.32 Å². The lowest BCUT2D eigenvalue weighted by atomic mass is 9.88. The SMILES string of the molecule is CC[C@H](C)[C@@](C)(O)CNC(=O)c1ccc(O)c(Cl)c1. The number of benzene rings is 1. The molecule has 1 aromatic rings. The Balaban J connectivity index is 2.68. The van der Waals surface area contributed by atoms with Crippen molar-refractivity contribution in [3.05, 3.63) is 28.8 Å². The van der Waals surface area contributed by atoms with E-state index in [0.29, 0.717) is 5.56 Å². The second-order valence-electron chi connectivity index (χ2n) is 5.02. The zero-order chi connectivity index (χ0) is 14.6. The van der Waals surface area contributed by atoms with E-state index in [0.717, 1.165) is 6.42 Å². The van der Waals surface area contributed by atoms with Crippen LogP contribution in [0, 0.1) is 5.92 Å². The highest BCUT2D eigenvalue weighted by atomic mass is 35.5. The van der Waals surface area contributed by atoms with Gasteiger partial charge in [-0.3, -0.25) is 4.79 Å². The number of carbonyl (C=O) groups is 1. The van der Waals surface area contributed by atoms with Crippen LogP contribution in [0.2, 0.25) is 5.02 Å². The van der Waals surface area contributed by atoms with Gasteiger partial charge in [-0.1, -0.05) is 31.9 Å². The zero-order valence-corrected chi connectivity index (χ0v) is 12.2. The first kappa shape index (κ1) is 15.8. The predicted octanol–water partition coefficient (Wildman–Crippen LogP) is 2.57. The summed E-state index contributed by atoms with van der Waals surface area (Å²) in [5.41, 5.74) is -0.603. The number of phenolic OH excluding ortho intramolecular Hbond substituents is 1. The number of hydrogen-bond donors (Lipinski definition) is 3. The molecule has 4 nitrogen and oxygen atoms in total. The number of amides is 1. The van der Waals surface area contributed by atoms with Gasteiger partial charge in [-0.25, -0.2) is 0 Å². The zero-order valence-electron chi connectivity index (χ0n) is 11.4. The number of rotatable bonds is 5. The Hall–Kier alpha value is -1.26. The van der Waals surface area contributed by atoms with Crippen LogP contribution in [0.15, 0.2) is 18.2 Å². The third-order valence-electron chi connectivity index (χ3n) is 3.49. The van der Waals surface area contributed by atoms with Crippen LogP contribution in [-0.4, -0.2) is 28.3 Å². The fourth-order valence-corrected chi connectivity index (χ4v) is 1.80. The van der Waals surface area contributed by atoms with Crippen LogP contribution in [0.1, 0.15) is 37.6 Å². The molecule has 0 unspecified atom stereocenters. The van der Waals surface area contributed by atoms with Crippen molar-refractivity contribution in [1.82, 2.24) is 5.32 Å². The summed E-state index contributed by atoms with van der Waals surface area (Å²) in [4.78, 5) is 11.9. The van der Waals surface area contributed by atoms with Gasteiger partial charge in [0.05, 0.1) is 10.6 Å². The molecule has 0 heterocycles. The van der Waals surface area contributed by atoms with Crippen molar-refractivity contribution >= 4 is 17.5 Å². The Bertz CT molecular complexity index is 460. The van der Waals surface area contributed by atoms with Gasteiger partial charge in [-0.2, -0.15) is 0 Å². The third kappa shape index (κ3) is 4.11. The highest BCUT2D eigenvalue weighted by Crippen LogP contribution is 2.24. The van der Waals surface area contributed by atoms with E-state index < -0.39 is 5.60 Å². The molecule has 0 aliphatic rings. The molecule has 0 aliphatic heterocycles. The molecular weight excluding hydrogens is 266 g/mol. The third-order valence-corrected chi connectivity index (χ3v) is 3.79. The van der Waals surface area contributed by atoms with E-state index in [1.54, 1.807) is 6.92 Å². The van der Waals surface area contributed by atoms with Crippen LogP contribution in [0.25, 0.3) is 0 Å². The maximum absolute atomic E-state index is 11.9. The minimum absolute atomic E-state index is 0.0650. The van der Waals surface area contributed by atoms with Gasteiger partial charge in [-0.05, 0) is 31.0 Å². The van der Waals surface area contributed by atoms with Crippen LogP contribution >= 0.6 is 11.6 Å². The number of aromatic hydroxyl groups is 1. The molecule has 1 rings (SSSR count). The summed E-state index contributed by atoms with van der Waals surface area (Å²) < 4.78 is 0. The number of aliphatic hydroxyl groups is 1. The summed E-state index contributed by atoms with van der Waals surface area (Å²) in [5.74, 6) is -0.313. The number of halogens is 1. The fourth-order valence-electron chi connectivity index (χ4n) is 1.62. The van der Waals surface area contributed by atoms with Gasteiger partial charge in [-0.15, -0.1) is 0 Å². The lowest BCUT2D eigenvalue weighted by Gasteiger charge is -2.29. The quantitative estimate of drug-likeness (QED) is 0.779. The highest BCUT2D eigenvalue weighted by molar-refractivity contribution is 6.32. The lowest BCUT2D eigenvalue weighted by molar-refractivity contribution is 0.00592. The monoisotopic (exact) mass is 285 g/mol. The van der Waals surface area contributed by atoms with Crippen molar-refractivity contribution in [2.45, 2.75) is 32.8 Å². The van der Waals surface area contributed by atoms with Crippen LogP contribution in [0.3, 0.4) is 0 Å². The fraction of sp³-hybridized carbons (Fsp3) is 0.500.